The summed E-state index contributed by atoms with van der Waals surface area (Å²) in [6.07, 6.45) is 12.2. The van der Waals surface area contributed by atoms with E-state index in [1.807, 2.05) is 0 Å². The van der Waals surface area contributed by atoms with E-state index >= 15 is 0 Å². The van der Waals surface area contributed by atoms with E-state index in [9.17, 15) is 5.11 Å². The van der Waals surface area contributed by atoms with E-state index in [2.05, 4.69) is 0 Å². The topological polar surface area (TPSA) is 20.2 Å². The van der Waals surface area contributed by atoms with Crippen molar-refractivity contribution in [3.63, 3.8) is 0 Å². The van der Waals surface area contributed by atoms with Crippen LogP contribution in [0.15, 0.2) is 0 Å². The van der Waals surface area contributed by atoms with Gasteiger partial charge in [-0.15, -0.1) is 0 Å². The summed E-state index contributed by atoms with van der Waals surface area (Å²) in [5.41, 5.74) is 0.901. The Balaban J connectivity index is 1.45. The van der Waals surface area contributed by atoms with Gasteiger partial charge in [0.05, 0.1) is 5.60 Å². The summed E-state index contributed by atoms with van der Waals surface area (Å²) >= 11 is 0. The van der Waals surface area contributed by atoms with Crippen molar-refractivity contribution in [1.29, 1.82) is 0 Å². The molecule has 1 heteroatoms. The van der Waals surface area contributed by atoms with Crippen molar-refractivity contribution in [2.45, 2.75) is 57.0 Å². The molecule has 2 spiro atoms. The molecular formula is C22H28O. The molecule has 13 aliphatic carbocycles. The molecular weight excluding hydrogens is 280 g/mol. The minimum atomic E-state index is -0.182. The van der Waals surface area contributed by atoms with Crippen molar-refractivity contribution in [3.05, 3.63) is 0 Å². The second-order valence-corrected chi connectivity index (χ2v) is 12.2. The first-order chi connectivity index (χ1) is 11.2. The first-order valence-corrected chi connectivity index (χ1v) is 10.9. The summed E-state index contributed by atoms with van der Waals surface area (Å²) in [7, 11) is 0. The van der Waals surface area contributed by atoms with E-state index in [4.69, 9.17) is 0 Å². The van der Waals surface area contributed by atoms with Gasteiger partial charge in [0, 0.05) is 5.41 Å². The standard InChI is InChI=1S/C22H28O/c23-22-16-4-10-2-12-15(16)7-20-5-9-1-11-14(13(3-9)19(20)22)8-21(22,6-10)18(12)17(11)20/h9-19,23H,1-8H2. The molecule has 1 N–H and O–H groups in total. The van der Waals surface area contributed by atoms with Gasteiger partial charge in [0.25, 0.3) is 0 Å². The Bertz CT molecular complexity index is 700. The van der Waals surface area contributed by atoms with Gasteiger partial charge in [-0.25, -0.2) is 0 Å². The van der Waals surface area contributed by atoms with Gasteiger partial charge in [-0.05, 0) is 122 Å². The van der Waals surface area contributed by atoms with Crippen molar-refractivity contribution in [2.24, 2.45) is 75.9 Å². The summed E-state index contributed by atoms with van der Waals surface area (Å²) in [4.78, 5) is 0. The molecule has 0 aliphatic heterocycles. The molecule has 14 bridgehead atoms. The normalized spacial score (nSPS) is 85.2. The molecule has 14 atom stereocenters. The third-order valence-electron chi connectivity index (χ3n) is 12.6. The third kappa shape index (κ3) is 0.765. The van der Waals surface area contributed by atoms with E-state index in [1.54, 1.807) is 25.7 Å². The van der Waals surface area contributed by atoms with Crippen LogP contribution in [-0.4, -0.2) is 10.7 Å². The van der Waals surface area contributed by atoms with Gasteiger partial charge in [0.2, 0.25) is 0 Å². The lowest BCUT2D eigenvalue weighted by molar-refractivity contribution is -0.478. The maximum absolute atomic E-state index is 12.5. The molecule has 122 valence electrons. The molecule has 14 unspecified atom stereocenters. The van der Waals surface area contributed by atoms with E-state index in [-0.39, 0.29) is 5.60 Å². The number of rotatable bonds is 0. The fraction of sp³-hybridized carbons (Fsp3) is 1.00. The zero-order valence-corrected chi connectivity index (χ0v) is 14.0. The Morgan fingerprint density at radius 1 is 0.652 bits per heavy atom. The fourth-order valence-electron chi connectivity index (χ4n) is 13.5. The lowest BCUT2D eigenvalue weighted by Crippen LogP contribution is -2.92. The van der Waals surface area contributed by atoms with Crippen molar-refractivity contribution in [2.75, 3.05) is 0 Å². The second kappa shape index (κ2) is 2.78. The lowest BCUT2D eigenvalue weighted by atomic mass is 9.12. The summed E-state index contributed by atoms with van der Waals surface area (Å²) in [6.45, 7) is 0. The Morgan fingerprint density at radius 3 is 2.35 bits per heavy atom. The Kier molecular flexibility index (Phi) is 1.39. The van der Waals surface area contributed by atoms with Crippen LogP contribution in [0.3, 0.4) is 0 Å². The highest BCUT2D eigenvalue weighted by Crippen LogP contribution is 2.93. The summed E-state index contributed by atoms with van der Waals surface area (Å²) in [5.74, 6) is 10.8. The first kappa shape index (κ1) is 11.6. The van der Waals surface area contributed by atoms with Gasteiger partial charge in [-0.1, -0.05) is 0 Å². The van der Waals surface area contributed by atoms with E-state index in [0.717, 1.165) is 65.1 Å². The van der Waals surface area contributed by atoms with Crippen LogP contribution in [0.2, 0.25) is 0 Å². The predicted octanol–water partition coefficient (Wildman–Crippen LogP) is 3.71. The summed E-state index contributed by atoms with van der Waals surface area (Å²) in [6, 6.07) is 0. The average molecular weight is 308 g/mol. The summed E-state index contributed by atoms with van der Waals surface area (Å²) in [5, 5.41) is 12.5. The van der Waals surface area contributed by atoms with Crippen molar-refractivity contribution in [3.8, 4) is 0 Å². The van der Waals surface area contributed by atoms with E-state index in [0.29, 0.717) is 10.8 Å². The number of hydrogen-bond donors (Lipinski definition) is 1. The Hall–Kier alpha value is -0.0400. The van der Waals surface area contributed by atoms with Crippen LogP contribution in [0.4, 0.5) is 0 Å². The van der Waals surface area contributed by atoms with Gasteiger partial charge in [-0.2, -0.15) is 0 Å². The predicted molar refractivity (Wildman–Crippen MR) is 85.1 cm³/mol. The minimum absolute atomic E-state index is 0.182. The van der Waals surface area contributed by atoms with Gasteiger partial charge in [0.1, 0.15) is 0 Å². The van der Waals surface area contributed by atoms with Crippen molar-refractivity contribution >= 4 is 0 Å². The van der Waals surface area contributed by atoms with Crippen LogP contribution in [-0.2, 0) is 0 Å². The highest BCUT2D eigenvalue weighted by molar-refractivity contribution is 5.39. The molecule has 13 fully saturated rings. The zero-order chi connectivity index (χ0) is 14.5. The molecule has 0 saturated heterocycles. The lowest BCUT2D eigenvalue weighted by Gasteiger charge is -2.93. The van der Waals surface area contributed by atoms with Crippen molar-refractivity contribution < 1.29 is 5.11 Å². The highest BCUT2D eigenvalue weighted by Gasteiger charge is 2.91. The van der Waals surface area contributed by atoms with Crippen LogP contribution in [0, 0.1) is 75.9 Å². The molecule has 0 amide bonds. The number of aliphatic hydroxyl groups is 1. The molecule has 1 nitrogen and oxygen atoms in total. The van der Waals surface area contributed by atoms with Crippen LogP contribution in [0.1, 0.15) is 51.4 Å². The van der Waals surface area contributed by atoms with E-state index < -0.39 is 0 Å². The van der Waals surface area contributed by atoms with Crippen LogP contribution >= 0.6 is 0 Å². The smallest absolute Gasteiger partial charge is 0.0773 e. The molecule has 13 saturated carbocycles. The molecule has 0 heterocycles. The molecule has 0 radical (unpaired) electrons. The fourth-order valence-corrected chi connectivity index (χ4v) is 13.5. The van der Waals surface area contributed by atoms with Gasteiger partial charge < -0.3 is 5.11 Å². The molecule has 13 rings (SSSR count). The molecule has 0 aromatic heterocycles. The van der Waals surface area contributed by atoms with E-state index in [1.165, 1.54) is 25.7 Å². The number of hydrogen-bond acceptors (Lipinski definition) is 1. The van der Waals surface area contributed by atoms with Crippen LogP contribution in [0.25, 0.3) is 0 Å². The molecule has 13 aliphatic rings. The average Bonchev–Trinajstić information content (AvgIpc) is 2.53. The zero-order valence-electron chi connectivity index (χ0n) is 14.0. The maximum atomic E-state index is 12.5. The van der Waals surface area contributed by atoms with Gasteiger partial charge >= 0.3 is 0 Å². The first-order valence-electron chi connectivity index (χ1n) is 10.9. The third-order valence-corrected chi connectivity index (χ3v) is 12.6. The van der Waals surface area contributed by atoms with Gasteiger partial charge in [-0.3, -0.25) is 0 Å². The second-order valence-electron chi connectivity index (χ2n) is 12.2. The Labute approximate surface area is 138 Å². The highest BCUT2D eigenvalue weighted by atomic mass is 16.3. The van der Waals surface area contributed by atoms with Crippen LogP contribution in [0.5, 0.6) is 0 Å². The monoisotopic (exact) mass is 308 g/mol. The molecule has 0 aromatic carbocycles. The quantitative estimate of drug-likeness (QED) is 0.723. The Morgan fingerprint density at radius 2 is 1.43 bits per heavy atom. The van der Waals surface area contributed by atoms with Gasteiger partial charge in [0.15, 0.2) is 0 Å². The molecule has 23 heavy (non-hydrogen) atoms. The molecule has 0 aromatic rings. The van der Waals surface area contributed by atoms with Crippen molar-refractivity contribution in [1.82, 2.24) is 0 Å². The largest absolute Gasteiger partial charge is 0.389 e. The summed E-state index contributed by atoms with van der Waals surface area (Å²) < 4.78 is 0. The maximum Gasteiger partial charge on any atom is 0.0773 e. The van der Waals surface area contributed by atoms with Crippen LogP contribution < -0.4 is 0 Å². The SMILES string of the molecule is OC12C3CC4CC5C3CC36CC7CC8C(CC1(C4)C5C83)C(C7)C62. The minimum Gasteiger partial charge on any atom is -0.389 e.